The van der Waals surface area contributed by atoms with Gasteiger partial charge in [-0.15, -0.1) is 0 Å². The number of anilines is 1. The standard InChI is InChI=1S/C30H31N7O7/c1-17(2)27(41)34-29-33-26-25(28(42)35-29)37(16-32-26)13-23(38)36(14-24(39)40)12-11-31-30(43)44-15-22-20-9-5-3-7-18(20)19-8-4-6-10-21(19)22/h3-10,16-17,22H,11-15H2,1-2H3,(H,31,43)(H,39,40)(H2,33,34,35,41,42). The first-order valence-corrected chi connectivity index (χ1v) is 14.0. The number of nitrogens with zero attached hydrogens (tertiary/aromatic N) is 4. The molecule has 2 heterocycles. The van der Waals surface area contributed by atoms with Gasteiger partial charge < -0.3 is 24.6 Å². The number of aromatic amines is 1. The Bertz CT molecular complexity index is 1750. The van der Waals surface area contributed by atoms with Crippen LogP contribution in [0.5, 0.6) is 0 Å². The summed E-state index contributed by atoms with van der Waals surface area (Å²) in [6.07, 6.45) is 0.528. The second-order valence-electron chi connectivity index (χ2n) is 10.6. The Morgan fingerprint density at radius 2 is 1.73 bits per heavy atom. The van der Waals surface area contributed by atoms with E-state index in [0.717, 1.165) is 27.2 Å². The van der Waals surface area contributed by atoms with E-state index in [1.165, 1.54) is 10.9 Å². The van der Waals surface area contributed by atoms with Crippen molar-refractivity contribution in [1.82, 2.24) is 29.7 Å². The number of imidazole rings is 1. The third-order valence-corrected chi connectivity index (χ3v) is 7.23. The lowest BCUT2D eigenvalue weighted by Gasteiger charge is -2.21. The minimum absolute atomic E-state index is 0.00214. The second kappa shape index (κ2) is 12.8. The monoisotopic (exact) mass is 601 g/mol. The van der Waals surface area contributed by atoms with Gasteiger partial charge >= 0.3 is 12.1 Å². The molecule has 0 atom stereocenters. The summed E-state index contributed by atoms with van der Waals surface area (Å²) in [4.78, 5) is 73.4. The summed E-state index contributed by atoms with van der Waals surface area (Å²) in [7, 11) is 0. The van der Waals surface area contributed by atoms with Gasteiger partial charge in [-0.05, 0) is 22.3 Å². The number of H-pyrrole nitrogens is 1. The molecular weight excluding hydrogens is 570 g/mol. The minimum atomic E-state index is -1.25. The lowest BCUT2D eigenvalue weighted by atomic mass is 9.98. The molecule has 2 aromatic heterocycles. The van der Waals surface area contributed by atoms with E-state index in [9.17, 15) is 29.1 Å². The molecule has 0 radical (unpaired) electrons. The molecule has 1 aliphatic carbocycles. The molecule has 0 bridgehead atoms. The van der Waals surface area contributed by atoms with E-state index in [4.69, 9.17) is 4.74 Å². The zero-order valence-electron chi connectivity index (χ0n) is 24.1. The number of carbonyl (C=O) groups excluding carboxylic acids is 3. The first-order valence-electron chi connectivity index (χ1n) is 14.0. The van der Waals surface area contributed by atoms with Crippen LogP contribution in [0.3, 0.4) is 0 Å². The summed E-state index contributed by atoms with van der Waals surface area (Å²) in [5.74, 6) is -2.77. The number of aromatic nitrogens is 4. The highest BCUT2D eigenvalue weighted by molar-refractivity contribution is 5.91. The van der Waals surface area contributed by atoms with Crippen molar-refractivity contribution in [2.75, 3.05) is 31.6 Å². The lowest BCUT2D eigenvalue weighted by Crippen LogP contribution is -2.43. The van der Waals surface area contributed by atoms with Gasteiger partial charge in [-0.3, -0.25) is 29.5 Å². The van der Waals surface area contributed by atoms with Crippen molar-refractivity contribution < 1.29 is 29.0 Å². The molecule has 44 heavy (non-hydrogen) atoms. The van der Waals surface area contributed by atoms with E-state index in [-0.39, 0.29) is 54.6 Å². The van der Waals surface area contributed by atoms with Crippen molar-refractivity contribution in [3.05, 3.63) is 76.3 Å². The van der Waals surface area contributed by atoms with E-state index in [1.807, 2.05) is 48.5 Å². The maximum absolute atomic E-state index is 13.1. The number of aliphatic carboxylic acids is 1. The summed E-state index contributed by atoms with van der Waals surface area (Å²) in [5.41, 5.74) is 3.68. The highest BCUT2D eigenvalue weighted by Crippen LogP contribution is 2.44. The molecule has 5 rings (SSSR count). The Kier molecular flexibility index (Phi) is 8.69. The molecule has 4 N–H and O–H groups in total. The number of hydrogen-bond acceptors (Lipinski definition) is 8. The first-order chi connectivity index (χ1) is 21.1. The number of amides is 3. The first kappa shape index (κ1) is 29.9. The molecule has 0 saturated heterocycles. The van der Waals surface area contributed by atoms with E-state index < -0.39 is 36.6 Å². The van der Waals surface area contributed by atoms with Crippen molar-refractivity contribution in [1.29, 1.82) is 0 Å². The average molecular weight is 602 g/mol. The van der Waals surface area contributed by atoms with Gasteiger partial charge in [0.25, 0.3) is 5.56 Å². The Labute approximate surface area is 251 Å². The second-order valence-corrected chi connectivity index (χ2v) is 10.6. The summed E-state index contributed by atoms with van der Waals surface area (Å²) in [6, 6.07) is 15.9. The van der Waals surface area contributed by atoms with Crippen LogP contribution in [-0.2, 0) is 25.7 Å². The van der Waals surface area contributed by atoms with Crippen LogP contribution in [0.1, 0.15) is 30.9 Å². The van der Waals surface area contributed by atoms with Crippen LogP contribution in [0.2, 0.25) is 0 Å². The van der Waals surface area contributed by atoms with Crippen molar-refractivity contribution in [2.24, 2.45) is 5.92 Å². The van der Waals surface area contributed by atoms with Gasteiger partial charge in [-0.1, -0.05) is 62.4 Å². The van der Waals surface area contributed by atoms with Crippen LogP contribution in [0, 0.1) is 5.92 Å². The molecule has 0 unspecified atom stereocenters. The van der Waals surface area contributed by atoms with Crippen LogP contribution in [-0.4, -0.2) is 79.6 Å². The van der Waals surface area contributed by atoms with Crippen LogP contribution in [0.15, 0.2) is 59.7 Å². The molecule has 14 nitrogen and oxygen atoms in total. The maximum atomic E-state index is 13.1. The Balaban J connectivity index is 1.18. The summed E-state index contributed by atoms with van der Waals surface area (Å²) in [5, 5.41) is 14.4. The highest BCUT2D eigenvalue weighted by Gasteiger charge is 2.29. The molecule has 1 aliphatic rings. The number of rotatable bonds is 11. The smallest absolute Gasteiger partial charge is 0.407 e. The number of nitrogens with one attached hydrogen (secondary N) is 3. The molecule has 0 aliphatic heterocycles. The number of fused-ring (bicyclic) bond motifs is 4. The number of carbonyl (C=O) groups is 4. The fourth-order valence-corrected chi connectivity index (χ4v) is 5.07. The fourth-order valence-electron chi connectivity index (χ4n) is 5.07. The molecule has 0 saturated carbocycles. The summed E-state index contributed by atoms with van der Waals surface area (Å²) in [6.45, 7) is 2.25. The SMILES string of the molecule is CC(C)C(=O)Nc1nc2ncn(CC(=O)N(CCNC(=O)OCC3c4ccccc4-c4ccccc43)CC(=O)O)c2c(=O)[nH]1. The number of hydrogen-bond donors (Lipinski definition) is 4. The predicted octanol–water partition coefficient (Wildman–Crippen LogP) is 2.17. The minimum Gasteiger partial charge on any atom is -0.480 e. The van der Waals surface area contributed by atoms with Crippen molar-refractivity contribution in [3.63, 3.8) is 0 Å². The van der Waals surface area contributed by atoms with Gasteiger partial charge in [-0.2, -0.15) is 4.98 Å². The molecule has 3 amide bonds. The molecule has 228 valence electrons. The Morgan fingerprint density at radius 3 is 2.36 bits per heavy atom. The zero-order chi connectivity index (χ0) is 31.4. The Hall–Kier alpha value is -5.53. The van der Waals surface area contributed by atoms with Crippen LogP contribution < -0.4 is 16.2 Å². The normalized spacial score (nSPS) is 12.1. The Morgan fingerprint density at radius 1 is 1.07 bits per heavy atom. The van der Waals surface area contributed by atoms with Gasteiger partial charge in [0.05, 0.1) is 6.33 Å². The number of carboxylic acid groups (broad SMARTS) is 1. The zero-order valence-corrected chi connectivity index (χ0v) is 24.1. The van der Waals surface area contributed by atoms with E-state index in [1.54, 1.807) is 13.8 Å². The van der Waals surface area contributed by atoms with Gasteiger partial charge in [0.1, 0.15) is 19.7 Å². The van der Waals surface area contributed by atoms with Crippen LogP contribution in [0.4, 0.5) is 10.7 Å². The molecule has 0 spiro atoms. The number of carboxylic acids is 1. The lowest BCUT2D eigenvalue weighted by molar-refractivity contribution is -0.144. The molecule has 14 heteroatoms. The van der Waals surface area contributed by atoms with Crippen molar-refractivity contribution in [3.8, 4) is 11.1 Å². The van der Waals surface area contributed by atoms with Gasteiger partial charge in [0.15, 0.2) is 11.2 Å². The quantitative estimate of drug-likeness (QED) is 0.200. The molecule has 4 aromatic rings. The summed E-state index contributed by atoms with van der Waals surface area (Å²) < 4.78 is 6.74. The molecule has 2 aromatic carbocycles. The largest absolute Gasteiger partial charge is 0.480 e. The fraction of sp³-hybridized carbons (Fsp3) is 0.300. The summed E-state index contributed by atoms with van der Waals surface area (Å²) >= 11 is 0. The van der Waals surface area contributed by atoms with Gasteiger partial charge in [0, 0.05) is 24.9 Å². The van der Waals surface area contributed by atoms with E-state index in [0.29, 0.717) is 0 Å². The van der Waals surface area contributed by atoms with Crippen LogP contribution in [0.25, 0.3) is 22.3 Å². The van der Waals surface area contributed by atoms with Gasteiger partial charge in [-0.25, -0.2) is 9.78 Å². The molecular formula is C30H31N7O7. The van der Waals surface area contributed by atoms with Crippen molar-refractivity contribution in [2.45, 2.75) is 26.3 Å². The maximum Gasteiger partial charge on any atom is 0.407 e. The van der Waals surface area contributed by atoms with Crippen molar-refractivity contribution >= 4 is 41.0 Å². The highest BCUT2D eigenvalue weighted by atomic mass is 16.5. The third kappa shape index (κ3) is 6.43. The predicted molar refractivity (Wildman–Crippen MR) is 159 cm³/mol. The van der Waals surface area contributed by atoms with E-state index >= 15 is 0 Å². The molecule has 0 fully saturated rings. The topological polar surface area (TPSA) is 189 Å². The third-order valence-electron chi connectivity index (χ3n) is 7.23. The average Bonchev–Trinajstić information content (AvgIpc) is 3.54. The number of ether oxygens (including phenoxy) is 1. The van der Waals surface area contributed by atoms with Gasteiger partial charge in [0.2, 0.25) is 17.8 Å². The number of alkyl carbamates (subject to hydrolysis) is 1. The number of benzene rings is 2. The van der Waals surface area contributed by atoms with E-state index in [2.05, 4.69) is 25.6 Å². The van der Waals surface area contributed by atoms with Crippen LogP contribution >= 0.6 is 0 Å².